The van der Waals surface area contributed by atoms with Gasteiger partial charge in [-0.25, -0.2) is 4.39 Å². The van der Waals surface area contributed by atoms with Crippen molar-refractivity contribution in [3.63, 3.8) is 0 Å². The maximum Gasteiger partial charge on any atom is 0.234 e. The Bertz CT molecular complexity index is 520. The number of nitriles is 1. The molecule has 1 fully saturated rings. The molecular formula is C14H16FN3O. The van der Waals surface area contributed by atoms with E-state index in [0.29, 0.717) is 19.1 Å². The molecule has 4 nitrogen and oxygen atoms in total. The summed E-state index contributed by atoms with van der Waals surface area (Å²) in [6.45, 7) is 0.808. The largest absolute Gasteiger partial charge is 0.352 e. The first kappa shape index (κ1) is 13.5. The van der Waals surface area contributed by atoms with Crippen molar-refractivity contribution in [1.29, 1.82) is 5.26 Å². The number of nitrogens with one attached hydrogen (secondary N) is 1. The number of likely N-dealkylation sites (N-methyl/N-ethyl adjacent to an activating group) is 1. The Labute approximate surface area is 111 Å². The molecule has 100 valence electrons. The number of benzene rings is 1. The molecule has 0 bridgehead atoms. The van der Waals surface area contributed by atoms with Gasteiger partial charge in [0, 0.05) is 12.6 Å². The van der Waals surface area contributed by atoms with Crippen molar-refractivity contribution < 1.29 is 9.18 Å². The van der Waals surface area contributed by atoms with E-state index in [0.717, 1.165) is 18.4 Å². The van der Waals surface area contributed by atoms with Crippen LogP contribution in [0.2, 0.25) is 0 Å². The van der Waals surface area contributed by atoms with Gasteiger partial charge in [-0.1, -0.05) is 6.07 Å². The van der Waals surface area contributed by atoms with Gasteiger partial charge in [-0.15, -0.1) is 0 Å². The third-order valence-electron chi connectivity index (χ3n) is 2.96. The van der Waals surface area contributed by atoms with Crippen LogP contribution in [0, 0.1) is 17.1 Å². The number of nitrogens with zero attached hydrogens (tertiary/aromatic N) is 2. The molecule has 1 amide bonds. The van der Waals surface area contributed by atoms with Gasteiger partial charge >= 0.3 is 0 Å². The molecule has 0 radical (unpaired) electrons. The summed E-state index contributed by atoms with van der Waals surface area (Å²) in [5.74, 6) is -0.506. The van der Waals surface area contributed by atoms with Crippen molar-refractivity contribution in [2.75, 3.05) is 13.6 Å². The second-order valence-electron chi connectivity index (χ2n) is 4.94. The minimum absolute atomic E-state index is 0.00705. The predicted molar refractivity (Wildman–Crippen MR) is 68.6 cm³/mol. The Hall–Kier alpha value is -1.93. The highest BCUT2D eigenvalue weighted by atomic mass is 19.1. The summed E-state index contributed by atoms with van der Waals surface area (Å²) in [7, 11) is 1.82. The molecule has 0 unspecified atom stereocenters. The molecule has 1 aliphatic carbocycles. The monoisotopic (exact) mass is 261 g/mol. The highest BCUT2D eigenvalue weighted by Crippen LogP contribution is 2.18. The van der Waals surface area contributed by atoms with E-state index in [1.54, 1.807) is 6.07 Å². The minimum Gasteiger partial charge on any atom is -0.352 e. The molecule has 1 saturated carbocycles. The molecule has 0 aliphatic heterocycles. The number of carbonyl (C=O) groups excluding carboxylic acids is 1. The lowest BCUT2D eigenvalue weighted by molar-refractivity contribution is -0.122. The molecule has 19 heavy (non-hydrogen) atoms. The molecule has 1 N–H and O–H groups in total. The minimum atomic E-state index is -0.514. The van der Waals surface area contributed by atoms with Crippen LogP contribution in [0.1, 0.15) is 24.0 Å². The zero-order valence-corrected chi connectivity index (χ0v) is 10.8. The van der Waals surface area contributed by atoms with E-state index in [9.17, 15) is 9.18 Å². The first-order valence-electron chi connectivity index (χ1n) is 6.25. The van der Waals surface area contributed by atoms with E-state index in [2.05, 4.69) is 5.32 Å². The number of carbonyl (C=O) groups is 1. The summed E-state index contributed by atoms with van der Waals surface area (Å²) < 4.78 is 13.2. The zero-order chi connectivity index (χ0) is 13.8. The van der Waals surface area contributed by atoms with Gasteiger partial charge in [-0.05, 0) is 37.6 Å². The third-order valence-corrected chi connectivity index (χ3v) is 2.96. The van der Waals surface area contributed by atoms with Crippen LogP contribution in [0.3, 0.4) is 0 Å². The summed E-state index contributed by atoms with van der Waals surface area (Å²) in [5.41, 5.74) is 0.855. The molecular weight excluding hydrogens is 245 g/mol. The van der Waals surface area contributed by atoms with Crippen LogP contribution in [0.15, 0.2) is 18.2 Å². The molecule has 5 heteroatoms. The number of hydrogen-bond donors (Lipinski definition) is 1. The Morgan fingerprint density at radius 2 is 2.32 bits per heavy atom. The van der Waals surface area contributed by atoms with Gasteiger partial charge in [0.1, 0.15) is 11.9 Å². The summed E-state index contributed by atoms with van der Waals surface area (Å²) >= 11 is 0. The van der Waals surface area contributed by atoms with Crippen molar-refractivity contribution in [2.24, 2.45) is 0 Å². The average Bonchev–Trinajstić information content (AvgIpc) is 3.15. The summed E-state index contributed by atoms with van der Waals surface area (Å²) in [6.07, 6.45) is 2.14. The van der Waals surface area contributed by atoms with E-state index in [1.807, 2.05) is 18.0 Å². The standard InChI is InChI=1S/C14H16FN3O/c1-18(9-14(19)17-12-3-4-12)8-10-2-5-13(15)11(6-10)7-16/h2,5-6,12H,3-4,8-9H2,1H3,(H,17,19). The van der Waals surface area contributed by atoms with E-state index < -0.39 is 5.82 Å². The van der Waals surface area contributed by atoms with Gasteiger partial charge in [-0.3, -0.25) is 9.69 Å². The maximum atomic E-state index is 13.2. The molecule has 0 aromatic heterocycles. The Kier molecular flexibility index (Phi) is 4.13. The van der Waals surface area contributed by atoms with E-state index in [-0.39, 0.29) is 11.5 Å². The van der Waals surface area contributed by atoms with Crippen LogP contribution in [-0.2, 0) is 11.3 Å². The first-order valence-corrected chi connectivity index (χ1v) is 6.25. The lowest BCUT2D eigenvalue weighted by Crippen LogP contribution is -2.35. The molecule has 0 spiro atoms. The lowest BCUT2D eigenvalue weighted by atomic mass is 10.1. The van der Waals surface area contributed by atoms with Crippen molar-refractivity contribution in [3.8, 4) is 6.07 Å². The van der Waals surface area contributed by atoms with Crippen molar-refractivity contribution in [3.05, 3.63) is 35.1 Å². The summed E-state index contributed by atoms with van der Waals surface area (Å²) in [6, 6.07) is 6.60. The Morgan fingerprint density at radius 1 is 1.58 bits per heavy atom. The maximum absolute atomic E-state index is 13.2. The Balaban J connectivity index is 1.89. The summed E-state index contributed by atoms with van der Waals surface area (Å²) in [5, 5.41) is 11.7. The predicted octanol–water partition coefficient (Wildman–Crippen LogP) is 1.41. The van der Waals surface area contributed by atoms with Crippen LogP contribution in [0.5, 0.6) is 0 Å². The molecule has 2 rings (SSSR count). The molecule has 1 aromatic rings. The molecule has 1 aromatic carbocycles. The highest BCUT2D eigenvalue weighted by Gasteiger charge is 2.23. The van der Waals surface area contributed by atoms with Crippen LogP contribution >= 0.6 is 0 Å². The van der Waals surface area contributed by atoms with Crippen LogP contribution in [0.4, 0.5) is 4.39 Å². The SMILES string of the molecule is CN(CC(=O)NC1CC1)Cc1ccc(F)c(C#N)c1. The molecule has 0 saturated heterocycles. The fourth-order valence-corrected chi connectivity index (χ4v) is 1.87. The number of halogens is 1. The first-order chi connectivity index (χ1) is 9.08. The van der Waals surface area contributed by atoms with E-state index in [4.69, 9.17) is 5.26 Å². The second-order valence-corrected chi connectivity index (χ2v) is 4.94. The third kappa shape index (κ3) is 4.04. The van der Waals surface area contributed by atoms with Crippen LogP contribution < -0.4 is 5.32 Å². The number of hydrogen-bond acceptors (Lipinski definition) is 3. The van der Waals surface area contributed by atoms with Gasteiger partial charge in [0.25, 0.3) is 0 Å². The fourth-order valence-electron chi connectivity index (χ4n) is 1.87. The van der Waals surface area contributed by atoms with Gasteiger partial charge in [0.05, 0.1) is 12.1 Å². The molecule has 1 aliphatic rings. The van der Waals surface area contributed by atoms with Crippen LogP contribution in [0.25, 0.3) is 0 Å². The van der Waals surface area contributed by atoms with E-state index in [1.165, 1.54) is 12.1 Å². The number of rotatable bonds is 5. The molecule has 0 atom stereocenters. The summed E-state index contributed by atoms with van der Waals surface area (Å²) in [4.78, 5) is 13.4. The zero-order valence-electron chi connectivity index (χ0n) is 10.8. The highest BCUT2D eigenvalue weighted by molar-refractivity contribution is 5.78. The smallest absolute Gasteiger partial charge is 0.234 e. The van der Waals surface area contributed by atoms with Gasteiger partial charge < -0.3 is 5.32 Å². The Morgan fingerprint density at radius 3 is 2.95 bits per heavy atom. The fraction of sp³-hybridized carbons (Fsp3) is 0.429. The van der Waals surface area contributed by atoms with Crippen LogP contribution in [-0.4, -0.2) is 30.4 Å². The van der Waals surface area contributed by atoms with Gasteiger partial charge in [-0.2, -0.15) is 5.26 Å². The van der Waals surface area contributed by atoms with Crippen molar-refractivity contribution in [2.45, 2.75) is 25.4 Å². The molecule has 0 heterocycles. The van der Waals surface area contributed by atoms with Crippen molar-refractivity contribution >= 4 is 5.91 Å². The van der Waals surface area contributed by atoms with Gasteiger partial charge in [0.15, 0.2) is 0 Å². The normalized spacial score (nSPS) is 14.2. The topological polar surface area (TPSA) is 56.1 Å². The second kappa shape index (κ2) is 5.81. The average molecular weight is 261 g/mol. The number of amides is 1. The lowest BCUT2D eigenvalue weighted by Gasteiger charge is -2.16. The quantitative estimate of drug-likeness (QED) is 0.872. The van der Waals surface area contributed by atoms with E-state index >= 15 is 0 Å². The van der Waals surface area contributed by atoms with Crippen molar-refractivity contribution in [1.82, 2.24) is 10.2 Å². The van der Waals surface area contributed by atoms with Gasteiger partial charge in [0.2, 0.25) is 5.91 Å².